The van der Waals surface area contributed by atoms with E-state index in [1.54, 1.807) is 7.11 Å². The largest absolute Gasteiger partial charge is 0.490 e. The summed E-state index contributed by atoms with van der Waals surface area (Å²) in [7, 11) is 1.66. The van der Waals surface area contributed by atoms with Crippen LogP contribution in [0.5, 0.6) is 5.88 Å². The van der Waals surface area contributed by atoms with Crippen LogP contribution in [0.2, 0.25) is 0 Å². The van der Waals surface area contributed by atoms with Crippen molar-refractivity contribution >= 4 is 5.69 Å². The fraction of sp³-hybridized carbons (Fsp3) is 0.542. The molecule has 6 nitrogen and oxygen atoms in total. The molecule has 30 heavy (non-hydrogen) atoms. The first-order valence-electron chi connectivity index (χ1n) is 11.0. The van der Waals surface area contributed by atoms with E-state index in [9.17, 15) is 0 Å². The summed E-state index contributed by atoms with van der Waals surface area (Å²) in [5.41, 5.74) is 3.39. The molecule has 1 fully saturated rings. The molecule has 0 amide bonds. The second-order valence-corrected chi connectivity index (χ2v) is 8.33. The number of nitrogens with zero attached hydrogens (tertiary/aromatic N) is 2. The molecular weight excluding hydrogens is 378 g/mol. The van der Waals surface area contributed by atoms with E-state index in [1.165, 1.54) is 18.4 Å². The van der Waals surface area contributed by atoms with Crippen LogP contribution in [-0.4, -0.2) is 55.9 Å². The molecule has 0 saturated carbocycles. The quantitative estimate of drug-likeness (QED) is 0.762. The number of rotatable bonds is 6. The van der Waals surface area contributed by atoms with Crippen molar-refractivity contribution in [3.05, 3.63) is 53.1 Å². The van der Waals surface area contributed by atoms with Gasteiger partial charge in [0.05, 0.1) is 7.11 Å². The lowest BCUT2D eigenvalue weighted by molar-refractivity contribution is 0.0675. The van der Waals surface area contributed by atoms with Crippen LogP contribution < -0.4 is 10.1 Å². The lowest BCUT2D eigenvalue weighted by atomic mass is 9.94. The average molecular weight is 412 g/mol. The average Bonchev–Trinajstić information content (AvgIpc) is 3.00. The predicted molar refractivity (Wildman–Crippen MR) is 119 cm³/mol. The molecule has 1 aromatic rings. The molecule has 1 N–H and O–H groups in total. The van der Waals surface area contributed by atoms with Gasteiger partial charge in [-0.2, -0.15) is 0 Å². The molecule has 1 saturated heterocycles. The molecule has 0 radical (unpaired) electrons. The van der Waals surface area contributed by atoms with E-state index in [0.717, 1.165) is 49.0 Å². The second-order valence-electron chi connectivity index (χ2n) is 8.33. The fourth-order valence-corrected chi connectivity index (χ4v) is 4.46. The number of aromatic nitrogens is 1. The zero-order valence-corrected chi connectivity index (χ0v) is 18.3. The van der Waals surface area contributed by atoms with Gasteiger partial charge in [0, 0.05) is 43.0 Å². The normalized spacial score (nSPS) is 22.9. The molecule has 4 rings (SSSR count). The molecule has 3 heterocycles. The van der Waals surface area contributed by atoms with Gasteiger partial charge in [0.1, 0.15) is 19.0 Å². The molecular formula is C24H33N3O3. The highest BCUT2D eigenvalue weighted by atomic mass is 16.6. The summed E-state index contributed by atoms with van der Waals surface area (Å²) in [5.74, 6) is 3.13. The molecule has 3 aliphatic rings. The number of nitrogens with one attached hydrogen (secondary N) is 1. The van der Waals surface area contributed by atoms with Gasteiger partial charge in [-0.3, -0.25) is 4.90 Å². The number of hydrogen-bond donors (Lipinski definition) is 1. The van der Waals surface area contributed by atoms with Crippen LogP contribution in [0.25, 0.3) is 0 Å². The monoisotopic (exact) mass is 411 g/mol. The third-order valence-electron chi connectivity index (χ3n) is 6.16. The summed E-state index contributed by atoms with van der Waals surface area (Å²) >= 11 is 0. The summed E-state index contributed by atoms with van der Waals surface area (Å²) in [5, 5.41) is 3.60. The van der Waals surface area contributed by atoms with E-state index in [1.807, 2.05) is 13.0 Å². The Balaban J connectivity index is 1.34. The first-order chi connectivity index (χ1) is 14.6. The fourth-order valence-electron chi connectivity index (χ4n) is 4.46. The lowest BCUT2D eigenvalue weighted by Gasteiger charge is -2.37. The van der Waals surface area contributed by atoms with Crippen molar-refractivity contribution in [3.63, 3.8) is 0 Å². The van der Waals surface area contributed by atoms with Gasteiger partial charge >= 0.3 is 0 Å². The minimum atomic E-state index is 0.383. The standard InChI is InChI=1S/C24H33N3O3/c1-17-13-21(14-24(26-17)28-3)25-15-19-5-4-10-27(16-19)18(2)20-6-8-22-23(9-7-20)30-12-11-29-22/h6-8,13-14,18-19H,4-5,9-12,15-16H2,1-3H3,(H,25,26)/t18?,19-/m0/s1. The first kappa shape index (κ1) is 20.8. The Bertz CT molecular complexity index is 846. The molecule has 0 bridgehead atoms. The van der Waals surface area contributed by atoms with E-state index in [4.69, 9.17) is 14.2 Å². The van der Waals surface area contributed by atoms with Crippen LogP contribution in [0.4, 0.5) is 5.69 Å². The van der Waals surface area contributed by atoms with E-state index < -0.39 is 0 Å². The van der Waals surface area contributed by atoms with Gasteiger partial charge in [-0.25, -0.2) is 4.98 Å². The number of anilines is 1. The van der Waals surface area contributed by atoms with Gasteiger partial charge < -0.3 is 19.5 Å². The number of hydrogen-bond acceptors (Lipinski definition) is 6. The van der Waals surface area contributed by atoms with Crippen LogP contribution in [0.1, 0.15) is 31.9 Å². The first-order valence-corrected chi connectivity index (χ1v) is 11.0. The summed E-state index contributed by atoms with van der Waals surface area (Å²) < 4.78 is 16.8. The lowest BCUT2D eigenvalue weighted by Crippen LogP contribution is -2.43. The highest BCUT2D eigenvalue weighted by Crippen LogP contribution is 2.28. The number of aryl methyl sites for hydroxylation is 1. The minimum Gasteiger partial charge on any atom is -0.490 e. The van der Waals surface area contributed by atoms with Crippen LogP contribution in [0, 0.1) is 12.8 Å². The topological polar surface area (TPSA) is 55.9 Å². The van der Waals surface area contributed by atoms with Crippen molar-refractivity contribution in [2.75, 3.05) is 45.3 Å². The smallest absolute Gasteiger partial charge is 0.215 e. The predicted octanol–water partition coefficient (Wildman–Crippen LogP) is 4.06. The summed E-state index contributed by atoms with van der Waals surface area (Å²) in [6.07, 6.45) is 9.87. The van der Waals surface area contributed by atoms with Gasteiger partial charge in [0.25, 0.3) is 0 Å². The van der Waals surface area contributed by atoms with Gasteiger partial charge in [0.15, 0.2) is 5.76 Å². The van der Waals surface area contributed by atoms with E-state index in [2.05, 4.69) is 46.4 Å². The van der Waals surface area contributed by atoms with Gasteiger partial charge in [-0.15, -0.1) is 0 Å². The van der Waals surface area contributed by atoms with Crippen molar-refractivity contribution in [1.82, 2.24) is 9.88 Å². The summed E-state index contributed by atoms with van der Waals surface area (Å²) in [4.78, 5) is 6.97. The molecule has 6 heteroatoms. The highest BCUT2D eigenvalue weighted by molar-refractivity contribution is 5.47. The maximum absolute atomic E-state index is 5.77. The molecule has 0 spiro atoms. The number of likely N-dealkylation sites (tertiary alicyclic amines) is 1. The molecule has 2 aliphatic heterocycles. The third-order valence-corrected chi connectivity index (χ3v) is 6.16. The maximum atomic E-state index is 5.77. The Morgan fingerprint density at radius 1 is 1.27 bits per heavy atom. The van der Waals surface area contributed by atoms with Gasteiger partial charge in [-0.05, 0) is 56.9 Å². The number of piperidine rings is 1. The van der Waals surface area contributed by atoms with Crippen LogP contribution in [0.3, 0.4) is 0 Å². The zero-order valence-electron chi connectivity index (χ0n) is 18.3. The molecule has 1 unspecified atom stereocenters. The van der Waals surface area contributed by atoms with Crippen molar-refractivity contribution < 1.29 is 14.2 Å². The second kappa shape index (κ2) is 9.56. The number of methoxy groups -OCH3 is 1. The Morgan fingerprint density at radius 3 is 3.00 bits per heavy atom. The Kier molecular flexibility index (Phi) is 6.62. The van der Waals surface area contributed by atoms with Crippen molar-refractivity contribution in [1.29, 1.82) is 0 Å². The van der Waals surface area contributed by atoms with Crippen LogP contribution >= 0.6 is 0 Å². The van der Waals surface area contributed by atoms with Gasteiger partial charge in [0.2, 0.25) is 5.88 Å². The van der Waals surface area contributed by atoms with Crippen molar-refractivity contribution in [3.8, 4) is 5.88 Å². The molecule has 162 valence electrons. The number of pyridine rings is 1. The van der Waals surface area contributed by atoms with E-state index in [0.29, 0.717) is 31.1 Å². The maximum Gasteiger partial charge on any atom is 0.215 e. The Morgan fingerprint density at radius 2 is 2.13 bits per heavy atom. The zero-order chi connectivity index (χ0) is 20.9. The Labute approximate surface area is 179 Å². The van der Waals surface area contributed by atoms with Crippen LogP contribution in [0.15, 0.2) is 47.5 Å². The van der Waals surface area contributed by atoms with Crippen molar-refractivity contribution in [2.45, 2.75) is 39.2 Å². The highest BCUT2D eigenvalue weighted by Gasteiger charge is 2.26. The number of allylic oxidation sites excluding steroid dienone is 2. The Hall–Kier alpha value is -2.47. The van der Waals surface area contributed by atoms with Crippen molar-refractivity contribution in [2.24, 2.45) is 5.92 Å². The summed E-state index contributed by atoms with van der Waals surface area (Å²) in [6, 6.07) is 4.43. The van der Waals surface area contributed by atoms with Crippen LogP contribution in [-0.2, 0) is 9.47 Å². The third kappa shape index (κ3) is 4.98. The SMILES string of the molecule is COc1cc(NC[C@@H]2CCCN(C(C)C3=CCC4=C(C=C3)OCCO4)C2)cc(C)n1. The van der Waals surface area contributed by atoms with E-state index in [-0.39, 0.29) is 0 Å². The molecule has 2 atom stereocenters. The van der Waals surface area contributed by atoms with E-state index >= 15 is 0 Å². The summed E-state index contributed by atoms with van der Waals surface area (Å²) in [6.45, 7) is 8.80. The number of ether oxygens (including phenoxy) is 3. The molecule has 0 aromatic carbocycles. The molecule has 1 aliphatic carbocycles. The minimum absolute atomic E-state index is 0.383. The van der Waals surface area contributed by atoms with Gasteiger partial charge in [-0.1, -0.05) is 12.2 Å². The molecule has 1 aromatic heterocycles.